The molecule has 0 saturated heterocycles. The Hall–Kier alpha value is -2.85. The summed E-state index contributed by atoms with van der Waals surface area (Å²) in [6, 6.07) is 21.9. The first-order valence-corrected chi connectivity index (χ1v) is 9.96. The number of hydrogen-bond acceptors (Lipinski definition) is 2. The average molecular weight is 481 g/mol. The molecule has 0 spiro atoms. The second kappa shape index (κ2) is 8.89. The van der Waals surface area contributed by atoms with Crippen molar-refractivity contribution >= 4 is 34.6 Å². The maximum Gasteiger partial charge on any atom is 0.262 e. The van der Waals surface area contributed by atoms with Crippen molar-refractivity contribution in [2.24, 2.45) is 0 Å². The fraction of sp³-hybridized carbons (Fsp3) is 0.130. The van der Waals surface area contributed by atoms with Crippen LogP contribution < -0.4 is 5.32 Å². The number of benzene rings is 2. The standard InChI is InChI=1S/C23H20IN3O/c1-16-12-19(17(2)27(16)22-10-8-21(24)9-11-22)13-20(14-25)23(28)26-15-18-6-4-3-5-7-18/h3-13H,15H2,1-2H3,(H,26,28). The maximum atomic E-state index is 12.5. The van der Waals surface area contributed by atoms with E-state index in [-0.39, 0.29) is 11.5 Å². The molecule has 0 bridgehead atoms. The van der Waals surface area contributed by atoms with E-state index in [1.165, 1.54) is 3.57 Å². The van der Waals surface area contributed by atoms with E-state index in [0.717, 1.165) is 28.2 Å². The first-order chi connectivity index (χ1) is 13.5. The SMILES string of the molecule is Cc1cc(C=C(C#N)C(=O)NCc2ccccc2)c(C)n1-c1ccc(I)cc1. The lowest BCUT2D eigenvalue weighted by atomic mass is 10.1. The second-order valence-corrected chi connectivity index (χ2v) is 7.72. The van der Waals surface area contributed by atoms with Crippen molar-refractivity contribution in [3.63, 3.8) is 0 Å². The van der Waals surface area contributed by atoms with Gasteiger partial charge in [0.05, 0.1) is 0 Å². The lowest BCUT2D eigenvalue weighted by molar-refractivity contribution is -0.117. The van der Waals surface area contributed by atoms with Gasteiger partial charge >= 0.3 is 0 Å². The number of halogens is 1. The Morgan fingerprint density at radius 3 is 2.46 bits per heavy atom. The molecule has 0 unspecified atom stereocenters. The molecule has 2 aromatic carbocycles. The van der Waals surface area contributed by atoms with Crippen molar-refractivity contribution in [2.75, 3.05) is 0 Å². The van der Waals surface area contributed by atoms with Crippen LogP contribution in [0.25, 0.3) is 11.8 Å². The van der Waals surface area contributed by atoms with Gasteiger partial charge in [-0.1, -0.05) is 30.3 Å². The molecule has 0 aliphatic heterocycles. The van der Waals surface area contributed by atoms with Crippen molar-refractivity contribution in [3.8, 4) is 11.8 Å². The van der Waals surface area contributed by atoms with Crippen LogP contribution in [0.3, 0.4) is 0 Å². The van der Waals surface area contributed by atoms with Gasteiger partial charge in [0, 0.05) is 27.2 Å². The molecule has 0 saturated carbocycles. The average Bonchev–Trinajstić information content (AvgIpc) is 2.99. The number of nitrogens with zero attached hydrogens (tertiary/aromatic N) is 2. The molecule has 5 heteroatoms. The third kappa shape index (κ3) is 4.52. The van der Waals surface area contributed by atoms with Gasteiger partial charge in [-0.2, -0.15) is 5.26 Å². The predicted molar refractivity (Wildman–Crippen MR) is 120 cm³/mol. The van der Waals surface area contributed by atoms with Crippen LogP contribution in [0, 0.1) is 28.7 Å². The van der Waals surface area contributed by atoms with Crippen LogP contribution in [0.15, 0.2) is 66.2 Å². The van der Waals surface area contributed by atoms with Gasteiger partial charge in [-0.05, 0) is 84.0 Å². The lowest BCUT2D eigenvalue weighted by Gasteiger charge is -2.10. The first kappa shape index (κ1) is 19.9. The molecule has 1 N–H and O–H groups in total. The zero-order valence-corrected chi connectivity index (χ0v) is 17.9. The quantitative estimate of drug-likeness (QED) is 0.320. The van der Waals surface area contributed by atoms with Crippen LogP contribution in [-0.2, 0) is 11.3 Å². The van der Waals surface area contributed by atoms with Gasteiger partial charge in [0.2, 0.25) is 0 Å². The van der Waals surface area contributed by atoms with Crippen LogP contribution in [0.2, 0.25) is 0 Å². The van der Waals surface area contributed by atoms with Crippen molar-refractivity contribution < 1.29 is 4.79 Å². The lowest BCUT2D eigenvalue weighted by Crippen LogP contribution is -2.23. The van der Waals surface area contributed by atoms with Gasteiger partial charge in [-0.3, -0.25) is 4.79 Å². The van der Waals surface area contributed by atoms with Gasteiger partial charge in [-0.15, -0.1) is 0 Å². The molecule has 1 amide bonds. The largest absolute Gasteiger partial charge is 0.347 e. The Balaban J connectivity index is 1.84. The van der Waals surface area contributed by atoms with E-state index in [1.807, 2.05) is 56.3 Å². The number of aryl methyl sites for hydroxylation is 1. The fourth-order valence-electron chi connectivity index (χ4n) is 3.10. The number of aromatic nitrogens is 1. The fourth-order valence-corrected chi connectivity index (χ4v) is 3.46. The van der Waals surface area contributed by atoms with Crippen LogP contribution in [0.4, 0.5) is 0 Å². The Bertz CT molecular complexity index is 1060. The van der Waals surface area contributed by atoms with Gasteiger partial charge < -0.3 is 9.88 Å². The summed E-state index contributed by atoms with van der Waals surface area (Å²) in [5, 5.41) is 12.3. The minimum atomic E-state index is -0.370. The Kier molecular flexibility index (Phi) is 6.32. The number of nitrogens with one attached hydrogen (secondary N) is 1. The number of amides is 1. The van der Waals surface area contributed by atoms with Crippen LogP contribution in [-0.4, -0.2) is 10.5 Å². The predicted octanol–water partition coefficient (Wildman–Crippen LogP) is 4.92. The molecule has 0 atom stereocenters. The third-order valence-corrected chi connectivity index (χ3v) is 5.24. The van der Waals surface area contributed by atoms with Gasteiger partial charge in [0.1, 0.15) is 11.6 Å². The maximum absolute atomic E-state index is 12.5. The van der Waals surface area contributed by atoms with E-state index in [9.17, 15) is 10.1 Å². The van der Waals surface area contributed by atoms with E-state index < -0.39 is 0 Å². The highest BCUT2D eigenvalue weighted by atomic mass is 127. The van der Waals surface area contributed by atoms with Crippen molar-refractivity contribution in [2.45, 2.75) is 20.4 Å². The Morgan fingerprint density at radius 1 is 1.14 bits per heavy atom. The summed E-state index contributed by atoms with van der Waals surface area (Å²) in [5.41, 5.74) is 5.04. The highest BCUT2D eigenvalue weighted by Gasteiger charge is 2.13. The zero-order valence-electron chi connectivity index (χ0n) is 15.7. The topological polar surface area (TPSA) is 57.8 Å². The molecule has 3 rings (SSSR count). The number of hydrogen-bond donors (Lipinski definition) is 1. The molecule has 1 heterocycles. The summed E-state index contributed by atoms with van der Waals surface area (Å²) in [6.45, 7) is 4.40. The normalized spacial score (nSPS) is 11.1. The summed E-state index contributed by atoms with van der Waals surface area (Å²) >= 11 is 2.28. The summed E-state index contributed by atoms with van der Waals surface area (Å²) in [6.07, 6.45) is 1.66. The molecule has 0 aliphatic rings. The van der Waals surface area contributed by atoms with E-state index >= 15 is 0 Å². The molecular formula is C23H20IN3O. The monoisotopic (exact) mass is 481 g/mol. The summed E-state index contributed by atoms with van der Waals surface area (Å²) < 4.78 is 3.30. The highest BCUT2D eigenvalue weighted by molar-refractivity contribution is 14.1. The van der Waals surface area contributed by atoms with Crippen LogP contribution >= 0.6 is 22.6 Å². The number of rotatable bonds is 5. The van der Waals surface area contributed by atoms with Gasteiger partial charge in [0.15, 0.2) is 0 Å². The third-order valence-electron chi connectivity index (χ3n) is 4.52. The first-order valence-electron chi connectivity index (χ1n) is 8.88. The number of carbonyl (C=O) groups is 1. The molecule has 0 aliphatic carbocycles. The minimum absolute atomic E-state index is 0.0961. The van der Waals surface area contributed by atoms with Crippen molar-refractivity contribution in [1.82, 2.24) is 9.88 Å². The molecule has 4 nitrogen and oxygen atoms in total. The molecular weight excluding hydrogens is 461 g/mol. The Labute approximate surface area is 178 Å². The summed E-state index contributed by atoms with van der Waals surface area (Å²) in [5.74, 6) is -0.370. The van der Waals surface area contributed by atoms with E-state index in [0.29, 0.717) is 6.54 Å². The van der Waals surface area contributed by atoms with Crippen molar-refractivity contribution in [1.29, 1.82) is 5.26 Å². The van der Waals surface area contributed by atoms with Crippen molar-refractivity contribution in [3.05, 3.63) is 92.3 Å². The molecule has 1 aromatic heterocycles. The second-order valence-electron chi connectivity index (χ2n) is 6.48. The van der Waals surface area contributed by atoms with E-state index in [4.69, 9.17) is 0 Å². The summed E-state index contributed by atoms with van der Waals surface area (Å²) in [7, 11) is 0. The van der Waals surface area contributed by atoms with Gasteiger partial charge in [-0.25, -0.2) is 0 Å². The van der Waals surface area contributed by atoms with Crippen LogP contribution in [0.1, 0.15) is 22.5 Å². The smallest absolute Gasteiger partial charge is 0.262 e. The number of carbonyl (C=O) groups excluding carboxylic acids is 1. The molecule has 3 aromatic rings. The van der Waals surface area contributed by atoms with Crippen LogP contribution in [0.5, 0.6) is 0 Å². The molecule has 0 radical (unpaired) electrons. The molecule has 28 heavy (non-hydrogen) atoms. The van der Waals surface area contributed by atoms with Gasteiger partial charge in [0.25, 0.3) is 5.91 Å². The molecule has 0 fully saturated rings. The number of nitriles is 1. The highest BCUT2D eigenvalue weighted by Crippen LogP contribution is 2.23. The Morgan fingerprint density at radius 2 is 1.82 bits per heavy atom. The minimum Gasteiger partial charge on any atom is -0.347 e. The van der Waals surface area contributed by atoms with E-state index in [2.05, 4.69) is 56.7 Å². The van der Waals surface area contributed by atoms with E-state index in [1.54, 1.807) is 6.08 Å². The summed E-state index contributed by atoms with van der Waals surface area (Å²) in [4.78, 5) is 12.5. The zero-order chi connectivity index (χ0) is 20.1. The molecule has 140 valence electrons.